The number of fused-ring (bicyclic) bond motifs is 2. The third kappa shape index (κ3) is 18.1. The molecule has 0 aliphatic carbocycles. The van der Waals surface area contributed by atoms with Crippen LogP contribution in [0.15, 0.2) is 304 Å². The number of H-pyrrole nitrogens is 2. The van der Waals surface area contributed by atoms with Crippen molar-refractivity contribution in [2.75, 3.05) is 7.11 Å². The highest BCUT2D eigenvalue weighted by molar-refractivity contribution is 9.48. The van der Waals surface area contributed by atoms with Gasteiger partial charge in [-0.1, -0.05) is 284 Å². The number of nitrogens with one attached hydrogen (secondary N) is 2. The van der Waals surface area contributed by atoms with Gasteiger partial charge in [0, 0.05) is 84.9 Å². The molecule has 0 bridgehead atoms. The van der Waals surface area contributed by atoms with E-state index < -0.39 is 20.0 Å². The fraction of sp³-hybridized carbons (Fsp3) is 0.191. The Morgan fingerprint density at radius 3 is 1.17 bits per heavy atom. The van der Waals surface area contributed by atoms with Gasteiger partial charge in [-0.3, -0.25) is 4.79 Å². The molecule has 4 aromatic heterocycles. The van der Waals surface area contributed by atoms with Crippen molar-refractivity contribution < 1.29 is 24.9 Å². The first-order chi connectivity index (χ1) is 51.8. The summed E-state index contributed by atoms with van der Waals surface area (Å²) in [4.78, 5) is 30.2. The van der Waals surface area contributed by atoms with Crippen LogP contribution in [-0.2, 0) is 85.0 Å². The van der Waals surface area contributed by atoms with Crippen LogP contribution in [-0.4, -0.2) is 70.6 Å². The largest absolute Gasteiger partial charge is 0.497 e. The molecule has 11 nitrogen and oxygen atoms in total. The Kier molecular flexibility index (Phi) is 27.9. The molecule has 0 spiro atoms. The van der Waals surface area contributed by atoms with Gasteiger partial charge in [-0.15, -0.1) is 0 Å². The molecule has 3 radical (unpaired) electrons. The van der Waals surface area contributed by atoms with Crippen molar-refractivity contribution in [1.29, 1.82) is 0 Å². The summed E-state index contributed by atoms with van der Waals surface area (Å²) in [6.45, 7) is 0.102. The molecular weight excluding hydrogens is 1470 g/mol. The summed E-state index contributed by atoms with van der Waals surface area (Å²) in [6, 6.07) is 91.8. The number of imidazole rings is 2. The number of thiocarbonyl (C=S) groups is 1. The van der Waals surface area contributed by atoms with Crippen LogP contribution in [0.25, 0.3) is 21.8 Å². The van der Waals surface area contributed by atoms with Crippen LogP contribution in [0, 0.1) is 0 Å². The number of hydrogen-bond donors (Lipinski definition) is 5. The number of hydrogen-bond acceptors (Lipinski definition) is 12. The van der Waals surface area contributed by atoms with Crippen molar-refractivity contribution in [2.24, 2.45) is 0 Å². The highest BCUT2D eigenvalue weighted by Gasteiger charge is 2.46. The maximum absolute atomic E-state index is 12.8. The molecule has 19 heteroatoms. The first kappa shape index (κ1) is 80.2. The highest BCUT2D eigenvalue weighted by atomic mass is 33.7. The molecule has 108 heavy (non-hydrogen) atoms. The molecule has 1 aliphatic heterocycles. The first-order valence-electron chi connectivity index (χ1n) is 35.7. The van der Waals surface area contributed by atoms with Crippen LogP contribution in [0.2, 0.25) is 0 Å². The number of rotatable bonds is 28. The summed E-state index contributed by atoms with van der Waals surface area (Å²) < 4.78 is 6.36. The summed E-state index contributed by atoms with van der Waals surface area (Å²) in [6.07, 6.45) is 20.4. The Balaban J connectivity index is 0.000000167. The van der Waals surface area contributed by atoms with Gasteiger partial charge in [-0.2, -0.15) is 0 Å². The number of nitrogens with zero attached hydrogens (tertiary/aromatic N) is 4. The van der Waals surface area contributed by atoms with E-state index in [1.165, 1.54) is 49.6 Å². The maximum atomic E-state index is 12.8. The lowest BCUT2D eigenvalue weighted by molar-refractivity contribution is -0.118. The second-order valence-electron chi connectivity index (χ2n) is 26.4. The summed E-state index contributed by atoms with van der Waals surface area (Å²) in [5, 5.41) is 32.7. The number of ether oxygens (including phenoxy) is 1. The Morgan fingerprint density at radius 2 is 0.806 bits per heavy atom. The average Bonchev–Trinajstić information content (AvgIpc) is 1.50. The molecule has 0 saturated carbocycles. The average molecular weight is 1550 g/mol. The van der Waals surface area contributed by atoms with Gasteiger partial charge in [-0.05, 0) is 160 Å². The van der Waals surface area contributed by atoms with Gasteiger partial charge in [-0.25, -0.2) is 9.97 Å². The van der Waals surface area contributed by atoms with Crippen LogP contribution in [0.1, 0.15) is 119 Å². The second kappa shape index (κ2) is 37.5. The van der Waals surface area contributed by atoms with Crippen molar-refractivity contribution in [2.45, 2.75) is 103 Å². The number of methoxy groups -OCH3 is 1. The number of unbranched alkanes of at least 4 members (excludes halogenated alkanes) is 2. The molecule has 1 fully saturated rings. The third-order valence-corrected chi connectivity index (χ3v) is 51.1. The Hall–Kier alpha value is -8.80. The summed E-state index contributed by atoms with van der Waals surface area (Å²) in [5.41, 5.74) is 15.0. The van der Waals surface area contributed by atoms with E-state index in [1.807, 2.05) is 114 Å². The van der Waals surface area contributed by atoms with Crippen molar-refractivity contribution >= 4 is 118 Å². The number of ketones is 1. The number of aliphatic hydroxyl groups is 3. The predicted molar refractivity (Wildman–Crippen MR) is 463 cm³/mol. The molecule has 547 valence electrons. The van der Waals surface area contributed by atoms with E-state index in [2.05, 4.69) is 232 Å². The summed E-state index contributed by atoms with van der Waals surface area (Å²) in [5.74, 6) is 1.08. The van der Waals surface area contributed by atoms with Crippen molar-refractivity contribution in [3.63, 3.8) is 0 Å². The van der Waals surface area contributed by atoms with Gasteiger partial charge in [0.15, 0.2) is 0 Å². The molecular formula is C89H88BN6O5P2S5. The number of Topliss-reactive ketones (excluding diaryl/α,β-unsaturated/α-hetero) is 1. The first-order valence-corrected chi connectivity index (χ1v) is 45.7. The lowest BCUT2D eigenvalue weighted by Crippen LogP contribution is -2.36. The maximum Gasteiger partial charge on any atom is 0.137 e. The van der Waals surface area contributed by atoms with E-state index in [0.717, 1.165) is 117 Å². The third-order valence-electron chi connectivity index (χ3n) is 19.5. The summed E-state index contributed by atoms with van der Waals surface area (Å²) in [7, 11) is 1.66. The standard InChI is InChI=1S/C37H35N3O2.C37H35N3OS.C14H14O2P2S4.CH4.B/c2*41-26-28-20-21-36-35(22-28)29(24-38-36)23-34(42)19-11-10-18-33-25-40(27-39-33)37(30-12-4-1-5-13-30,31-14-6-2-7-15-31)32-16-8-3-9-17-32;1-16-12-4-8-14(9-5-12)18(20)21-17(19,22-18)13-6-2-11(10-15)3-7-13;;/h2*1-9,12-17,20-22,24-25,27,38,41H,10-11,18-19,23,26H2;2-9,15H,10H2,1H3;1H4;. The van der Waals surface area contributed by atoms with E-state index in [1.54, 1.807) is 7.11 Å². The number of aryl methyl sites for hydroxylation is 2. The summed E-state index contributed by atoms with van der Waals surface area (Å²) >= 11 is 21.2. The molecule has 1 aliphatic rings. The van der Waals surface area contributed by atoms with Crippen LogP contribution >= 0.6 is 43.1 Å². The molecule has 5 heterocycles. The molecule has 5 N–H and O–H groups in total. The van der Waals surface area contributed by atoms with Crippen LogP contribution in [0.3, 0.4) is 0 Å². The zero-order valence-electron chi connectivity index (χ0n) is 59.5. The molecule has 0 amide bonds. The Bertz CT molecular complexity index is 4790. The smallest absolute Gasteiger partial charge is 0.137 e. The van der Waals surface area contributed by atoms with Gasteiger partial charge in [0.1, 0.15) is 22.6 Å². The van der Waals surface area contributed by atoms with Gasteiger partial charge < -0.3 is 39.2 Å². The van der Waals surface area contributed by atoms with E-state index in [9.17, 15) is 15.0 Å². The SMILES string of the molecule is C.COc1ccc(P2(=S)SP(=S)(c3ccc(CO)cc3)S2)cc1.O=C(CCCCc1cn(C(c2ccccc2)(c2ccccc2)c2ccccc2)cn1)Cc1c[nH]c2ccc(CO)cc12.OCc1ccc2[nH]cc(CC(=S)CCCCc3cn(C(c4ccccc4)(c4ccccc4)c4ccccc4)cn3)c2c1.[B]. The minimum absolute atomic E-state index is 0. The predicted octanol–water partition coefficient (Wildman–Crippen LogP) is 19.7. The zero-order valence-corrected chi connectivity index (χ0v) is 65.4. The normalized spacial score (nSPS) is 14.6. The molecule has 0 unspecified atom stereocenters. The number of benzene rings is 10. The second-order valence-corrected chi connectivity index (χ2v) is 48.3. The van der Waals surface area contributed by atoms with E-state index in [4.69, 9.17) is 55.6 Å². The van der Waals surface area contributed by atoms with Crippen molar-refractivity contribution in [1.82, 2.24) is 29.1 Å². The minimum atomic E-state index is -1.68. The zero-order chi connectivity index (χ0) is 73.4. The van der Waals surface area contributed by atoms with Crippen LogP contribution in [0.5, 0.6) is 5.75 Å². The van der Waals surface area contributed by atoms with Crippen LogP contribution in [0.4, 0.5) is 0 Å². The molecule has 0 atom stereocenters. The van der Waals surface area contributed by atoms with Gasteiger partial charge >= 0.3 is 0 Å². The fourth-order valence-corrected chi connectivity index (χ4v) is 56.7. The topological polar surface area (TPSA) is 154 Å². The molecule has 15 rings (SSSR count). The Morgan fingerprint density at radius 1 is 0.463 bits per heavy atom. The fourth-order valence-electron chi connectivity index (χ4n) is 14.1. The Labute approximate surface area is 659 Å². The van der Waals surface area contributed by atoms with Gasteiger partial charge in [0.25, 0.3) is 0 Å². The number of aliphatic hydroxyl groups excluding tert-OH is 3. The van der Waals surface area contributed by atoms with Crippen molar-refractivity contribution in [3.05, 3.63) is 377 Å². The highest BCUT2D eigenvalue weighted by Crippen LogP contribution is 3.04. The van der Waals surface area contributed by atoms with E-state index >= 15 is 0 Å². The van der Waals surface area contributed by atoms with Crippen LogP contribution < -0.4 is 15.3 Å². The number of aromatic nitrogens is 6. The van der Waals surface area contributed by atoms with Gasteiger partial charge in [0.2, 0.25) is 0 Å². The van der Waals surface area contributed by atoms with Crippen molar-refractivity contribution in [3.8, 4) is 5.75 Å². The molecule has 1 saturated heterocycles. The number of carbonyl (C=O) groups is 1. The minimum Gasteiger partial charge on any atom is -0.497 e. The lowest BCUT2D eigenvalue weighted by Gasteiger charge is -2.40. The van der Waals surface area contributed by atoms with E-state index in [0.29, 0.717) is 12.8 Å². The van der Waals surface area contributed by atoms with E-state index in [-0.39, 0.29) is 41.4 Å². The number of aromatic amines is 2. The number of carbonyl (C=O) groups excluding carboxylic acids is 1. The quantitative estimate of drug-likeness (QED) is 0.0104. The van der Waals surface area contributed by atoms with Gasteiger partial charge in [0.05, 0.1) is 59.9 Å². The lowest BCUT2D eigenvalue weighted by atomic mass is 9.77. The molecule has 14 aromatic rings. The monoisotopic (exact) mass is 1550 g/mol. The molecule has 10 aromatic carbocycles.